The van der Waals surface area contributed by atoms with E-state index in [2.05, 4.69) is 20.9 Å². The van der Waals surface area contributed by atoms with Gasteiger partial charge in [-0.2, -0.15) is 0 Å². The molecular formula is C17H25ClN4O3. The molecule has 0 saturated carbocycles. The molecule has 0 radical (unpaired) electrons. The van der Waals surface area contributed by atoms with E-state index in [0.717, 1.165) is 18.8 Å². The van der Waals surface area contributed by atoms with Gasteiger partial charge in [0.15, 0.2) is 0 Å². The van der Waals surface area contributed by atoms with Crippen LogP contribution in [0.1, 0.15) is 20.8 Å². The van der Waals surface area contributed by atoms with Crippen molar-refractivity contribution >= 4 is 34.9 Å². The standard InChI is InChI=1S/C17H25ClN4O3/c1-17(2,3)21-15(23)11-19-16(24)20-13-10-12(18)4-5-14(13)22-6-8-25-9-7-22/h4-5,10H,6-9,11H2,1-3H3,(H,21,23)(H2,19,20,24). The Kier molecular flexibility index (Phi) is 6.50. The van der Waals surface area contributed by atoms with Gasteiger partial charge in [-0.1, -0.05) is 11.6 Å². The van der Waals surface area contributed by atoms with Crippen molar-refractivity contribution < 1.29 is 14.3 Å². The summed E-state index contributed by atoms with van der Waals surface area (Å²) >= 11 is 6.06. The molecule has 1 fully saturated rings. The third-order valence-corrected chi connectivity index (χ3v) is 3.72. The summed E-state index contributed by atoms with van der Waals surface area (Å²) in [6, 6.07) is 4.89. The molecule has 0 atom stereocenters. The molecule has 0 aromatic heterocycles. The van der Waals surface area contributed by atoms with Crippen molar-refractivity contribution in [3.63, 3.8) is 0 Å². The highest BCUT2D eigenvalue weighted by molar-refractivity contribution is 6.31. The molecule has 25 heavy (non-hydrogen) atoms. The number of ether oxygens (including phenoxy) is 1. The zero-order chi connectivity index (χ0) is 18.4. The fourth-order valence-corrected chi connectivity index (χ4v) is 2.65. The van der Waals surface area contributed by atoms with E-state index in [1.165, 1.54) is 0 Å². The average Bonchev–Trinajstić information content (AvgIpc) is 2.52. The van der Waals surface area contributed by atoms with Crippen LogP contribution in [0, 0.1) is 0 Å². The topological polar surface area (TPSA) is 82.7 Å². The number of halogens is 1. The molecule has 0 bridgehead atoms. The van der Waals surface area contributed by atoms with Gasteiger partial charge in [0, 0.05) is 23.7 Å². The van der Waals surface area contributed by atoms with Crippen LogP contribution in [-0.4, -0.2) is 50.3 Å². The molecule has 1 saturated heterocycles. The van der Waals surface area contributed by atoms with Gasteiger partial charge in [0.25, 0.3) is 0 Å². The Balaban J connectivity index is 1.97. The number of amides is 3. The smallest absolute Gasteiger partial charge is 0.319 e. The lowest BCUT2D eigenvalue weighted by Crippen LogP contribution is -2.46. The molecule has 0 aliphatic carbocycles. The summed E-state index contributed by atoms with van der Waals surface area (Å²) in [6.45, 7) is 8.31. The van der Waals surface area contributed by atoms with Gasteiger partial charge in [-0.15, -0.1) is 0 Å². The molecule has 1 aromatic rings. The van der Waals surface area contributed by atoms with E-state index < -0.39 is 6.03 Å². The van der Waals surface area contributed by atoms with E-state index in [1.807, 2.05) is 26.8 Å². The molecule has 0 spiro atoms. The van der Waals surface area contributed by atoms with Crippen LogP contribution in [0.15, 0.2) is 18.2 Å². The van der Waals surface area contributed by atoms with E-state index in [0.29, 0.717) is 23.9 Å². The van der Waals surface area contributed by atoms with Crippen LogP contribution in [0.2, 0.25) is 5.02 Å². The van der Waals surface area contributed by atoms with Crippen LogP contribution in [0.4, 0.5) is 16.2 Å². The number of hydrogen-bond donors (Lipinski definition) is 3. The summed E-state index contributed by atoms with van der Waals surface area (Å²) in [5, 5.41) is 8.64. The average molecular weight is 369 g/mol. The second kappa shape index (κ2) is 8.40. The Morgan fingerprint density at radius 2 is 1.92 bits per heavy atom. The first-order chi connectivity index (χ1) is 11.7. The maximum Gasteiger partial charge on any atom is 0.319 e. The van der Waals surface area contributed by atoms with Gasteiger partial charge >= 0.3 is 6.03 Å². The SMILES string of the molecule is CC(C)(C)NC(=O)CNC(=O)Nc1cc(Cl)ccc1N1CCOCC1. The minimum absolute atomic E-state index is 0.101. The van der Waals surface area contributed by atoms with Crippen molar-refractivity contribution in [2.75, 3.05) is 43.1 Å². The molecule has 2 rings (SSSR count). The van der Waals surface area contributed by atoms with Crippen molar-refractivity contribution in [3.8, 4) is 0 Å². The van der Waals surface area contributed by atoms with Crippen molar-refractivity contribution in [3.05, 3.63) is 23.2 Å². The van der Waals surface area contributed by atoms with E-state index in [1.54, 1.807) is 12.1 Å². The Labute approximate surface area is 153 Å². The minimum Gasteiger partial charge on any atom is -0.378 e. The summed E-state index contributed by atoms with van der Waals surface area (Å²) in [6.07, 6.45) is 0. The zero-order valence-corrected chi connectivity index (χ0v) is 15.6. The monoisotopic (exact) mass is 368 g/mol. The van der Waals surface area contributed by atoms with Crippen LogP contribution in [0.3, 0.4) is 0 Å². The third-order valence-electron chi connectivity index (χ3n) is 3.48. The van der Waals surface area contributed by atoms with Gasteiger partial charge in [-0.25, -0.2) is 4.79 Å². The largest absolute Gasteiger partial charge is 0.378 e. The molecule has 1 aromatic carbocycles. The normalized spacial score (nSPS) is 14.8. The number of morpholine rings is 1. The molecule has 3 N–H and O–H groups in total. The summed E-state index contributed by atoms with van der Waals surface area (Å²) in [5.41, 5.74) is 1.14. The number of nitrogens with zero attached hydrogens (tertiary/aromatic N) is 1. The van der Waals surface area contributed by atoms with E-state index in [-0.39, 0.29) is 18.0 Å². The molecule has 3 amide bonds. The Morgan fingerprint density at radius 3 is 2.56 bits per heavy atom. The number of anilines is 2. The van der Waals surface area contributed by atoms with Gasteiger partial charge in [0.1, 0.15) is 0 Å². The second-order valence-corrected chi connectivity index (χ2v) is 7.30. The molecular weight excluding hydrogens is 344 g/mol. The number of nitrogens with one attached hydrogen (secondary N) is 3. The lowest BCUT2D eigenvalue weighted by Gasteiger charge is -2.30. The summed E-state index contributed by atoms with van der Waals surface area (Å²) in [7, 11) is 0. The van der Waals surface area contributed by atoms with Gasteiger partial charge in [-0.3, -0.25) is 4.79 Å². The number of benzene rings is 1. The first-order valence-electron chi connectivity index (χ1n) is 8.23. The van der Waals surface area contributed by atoms with Gasteiger partial charge in [0.05, 0.1) is 31.1 Å². The molecule has 1 heterocycles. The number of rotatable bonds is 4. The van der Waals surface area contributed by atoms with E-state index in [4.69, 9.17) is 16.3 Å². The number of hydrogen-bond acceptors (Lipinski definition) is 4. The van der Waals surface area contributed by atoms with Crippen LogP contribution < -0.4 is 20.9 Å². The highest BCUT2D eigenvalue weighted by Crippen LogP contribution is 2.29. The predicted octanol–water partition coefficient (Wildman–Crippen LogP) is 2.21. The lowest BCUT2D eigenvalue weighted by atomic mass is 10.1. The maximum atomic E-state index is 12.1. The Morgan fingerprint density at radius 1 is 1.24 bits per heavy atom. The number of urea groups is 1. The van der Waals surface area contributed by atoms with E-state index in [9.17, 15) is 9.59 Å². The molecule has 1 aliphatic heterocycles. The second-order valence-electron chi connectivity index (χ2n) is 6.87. The van der Waals surface area contributed by atoms with Crippen LogP contribution in [-0.2, 0) is 9.53 Å². The van der Waals surface area contributed by atoms with Crippen LogP contribution in [0.25, 0.3) is 0 Å². The summed E-state index contributed by atoms with van der Waals surface area (Å²) in [4.78, 5) is 26.1. The van der Waals surface area contributed by atoms with Crippen LogP contribution in [0.5, 0.6) is 0 Å². The lowest BCUT2D eigenvalue weighted by molar-refractivity contribution is -0.121. The molecule has 138 valence electrons. The molecule has 1 aliphatic rings. The summed E-state index contributed by atoms with van der Waals surface area (Å²) in [5.74, 6) is -0.248. The number of carbonyl (C=O) groups excluding carboxylic acids is 2. The predicted molar refractivity (Wildman–Crippen MR) is 99.4 cm³/mol. The zero-order valence-electron chi connectivity index (χ0n) is 14.8. The first kappa shape index (κ1) is 19.3. The van der Waals surface area contributed by atoms with Gasteiger partial charge in [-0.05, 0) is 39.0 Å². The van der Waals surface area contributed by atoms with Crippen LogP contribution >= 0.6 is 11.6 Å². The first-order valence-corrected chi connectivity index (χ1v) is 8.60. The molecule has 8 heteroatoms. The fourth-order valence-electron chi connectivity index (χ4n) is 2.48. The van der Waals surface area contributed by atoms with Crippen molar-refractivity contribution in [2.24, 2.45) is 0 Å². The highest BCUT2D eigenvalue weighted by Gasteiger charge is 2.18. The molecule has 7 nitrogen and oxygen atoms in total. The highest BCUT2D eigenvalue weighted by atomic mass is 35.5. The summed E-state index contributed by atoms with van der Waals surface area (Å²) < 4.78 is 5.36. The van der Waals surface area contributed by atoms with Gasteiger partial charge < -0.3 is 25.6 Å². The van der Waals surface area contributed by atoms with Crippen molar-refractivity contribution in [1.82, 2.24) is 10.6 Å². The van der Waals surface area contributed by atoms with Gasteiger partial charge in [0.2, 0.25) is 5.91 Å². The quantitative estimate of drug-likeness (QED) is 0.761. The van der Waals surface area contributed by atoms with Crippen molar-refractivity contribution in [1.29, 1.82) is 0 Å². The Bertz CT molecular complexity index is 625. The maximum absolute atomic E-state index is 12.1. The van der Waals surface area contributed by atoms with Crippen molar-refractivity contribution in [2.45, 2.75) is 26.3 Å². The number of carbonyl (C=O) groups is 2. The third kappa shape index (κ3) is 6.43. The van der Waals surface area contributed by atoms with E-state index >= 15 is 0 Å². The minimum atomic E-state index is -0.458. The fraction of sp³-hybridized carbons (Fsp3) is 0.529. The molecule has 0 unspecified atom stereocenters. The Hall–Kier alpha value is -1.99.